The van der Waals surface area contributed by atoms with E-state index in [1.807, 2.05) is 54.6 Å². The summed E-state index contributed by atoms with van der Waals surface area (Å²) in [5.74, 6) is 0. The van der Waals surface area contributed by atoms with Gasteiger partial charge in [-0.15, -0.1) is 0 Å². The van der Waals surface area contributed by atoms with Crippen LogP contribution in [0.4, 0.5) is 10.5 Å². The Labute approximate surface area is 168 Å². The number of carbonyl (C=O) groups is 1. The molecule has 0 aliphatic heterocycles. The Morgan fingerprint density at radius 1 is 1.00 bits per heavy atom. The lowest BCUT2D eigenvalue weighted by molar-refractivity contribution is 0.251. The number of rotatable bonds is 7. The van der Waals surface area contributed by atoms with E-state index in [-0.39, 0.29) is 6.03 Å². The van der Waals surface area contributed by atoms with Crippen LogP contribution in [0.5, 0.6) is 0 Å². The molecule has 140 valence electrons. The monoisotopic (exact) mass is 389 g/mol. The molecule has 3 aromatic rings. The third-order valence-electron chi connectivity index (χ3n) is 3.84. The SMILES string of the molecule is N#Cc1cccc(CNSc2ccc(NC(=O)NCc3ccncc3)cc2)c1. The van der Waals surface area contributed by atoms with Gasteiger partial charge in [-0.2, -0.15) is 5.26 Å². The standard InChI is InChI=1S/C21H19N5OS/c22-13-17-2-1-3-18(12-17)15-25-28-20-6-4-19(5-7-20)26-21(27)24-14-16-8-10-23-11-9-16/h1-12,25H,14-15H2,(H2,24,26,27). The smallest absolute Gasteiger partial charge is 0.319 e. The molecule has 6 nitrogen and oxygen atoms in total. The number of amides is 2. The molecule has 1 heterocycles. The molecular formula is C21H19N5OS. The molecule has 2 aromatic carbocycles. The highest BCUT2D eigenvalue weighted by Crippen LogP contribution is 2.18. The number of nitrogens with one attached hydrogen (secondary N) is 3. The molecule has 0 aliphatic rings. The zero-order chi connectivity index (χ0) is 19.6. The molecule has 0 saturated carbocycles. The molecule has 0 radical (unpaired) electrons. The van der Waals surface area contributed by atoms with Crippen LogP contribution < -0.4 is 15.4 Å². The van der Waals surface area contributed by atoms with Crippen LogP contribution in [-0.4, -0.2) is 11.0 Å². The Kier molecular flexibility index (Phi) is 7.01. The molecule has 1 aromatic heterocycles. The second kappa shape index (κ2) is 10.1. The Balaban J connectivity index is 1.42. The predicted molar refractivity (Wildman–Crippen MR) is 110 cm³/mol. The minimum atomic E-state index is -0.257. The van der Waals surface area contributed by atoms with Crippen molar-refractivity contribution in [2.24, 2.45) is 0 Å². The van der Waals surface area contributed by atoms with Gasteiger partial charge in [0.25, 0.3) is 0 Å². The number of benzene rings is 2. The summed E-state index contributed by atoms with van der Waals surface area (Å²) in [6, 6.07) is 20.7. The first-order chi connectivity index (χ1) is 13.7. The fourth-order valence-corrected chi connectivity index (χ4v) is 3.10. The quantitative estimate of drug-likeness (QED) is 0.530. The number of pyridine rings is 1. The Bertz CT molecular complexity index is 955. The average molecular weight is 389 g/mol. The lowest BCUT2D eigenvalue weighted by Gasteiger charge is -2.09. The van der Waals surface area contributed by atoms with E-state index in [0.29, 0.717) is 18.7 Å². The zero-order valence-electron chi connectivity index (χ0n) is 15.1. The Hall–Kier alpha value is -3.34. The van der Waals surface area contributed by atoms with Crippen molar-refractivity contribution in [3.05, 3.63) is 89.7 Å². The highest BCUT2D eigenvalue weighted by molar-refractivity contribution is 7.97. The van der Waals surface area contributed by atoms with Crippen molar-refractivity contribution in [1.82, 2.24) is 15.0 Å². The maximum absolute atomic E-state index is 12.0. The summed E-state index contributed by atoms with van der Waals surface area (Å²) in [7, 11) is 0. The summed E-state index contributed by atoms with van der Waals surface area (Å²) < 4.78 is 3.27. The molecular weight excluding hydrogens is 370 g/mol. The first-order valence-corrected chi connectivity index (χ1v) is 9.47. The number of urea groups is 1. The van der Waals surface area contributed by atoms with Crippen molar-refractivity contribution < 1.29 is 4.79 Å². The number of anilines is 1. The number of nitrogens with zero attached hydrogens (tertiary/aromatic N) is 2. The molecule has 2 amide bonds. The van der Waals surface area contributed by atoms with E-state index >= 15 is 0 Å². The van der Waals surface area contributed by atoms with Crippen LogP contribution in [0.25, 0.3) is 0 Å². The van der Waals surface area contributed by atoms with Crippen molar-refractivity contribution in [1.29, 1.82) is 5.26 Å². The Morgan fingerprint density at radius 3 is 2.54 bits per heavy atom. The number of carbonyl (C=O) groups excluding carboxylic acids is 1. The summed E-state index contributed by atoms with van der Waals surface area (Å²) >= 11 is 1.50. The lowest BCUT2D eigenvalue weighted by Crippen LogP contribution is -2.28. The van der Waals surface area contributed by atoms with Gasteiger partial charge in [0.2, 0.25) is 0 Å². The number of nitriles is 1. The summed E-state index contributed by atoms with van der Waals surface area (Å²) in [5, 5.41) is 14.5. The molecule has 0 saturated heterocycles. The van der Waals surface area contributed by atoms with Crippen molar-refractivity contribution >= 4 is 23.7 Å². The second-order valence-electron chi connectivity index (χ2n) is 5.92. The van der Waals surface area contributed by atoms with Crippen molar-refractivity contribution in [2.75, 3.05) is 5.32 Å². The van der Waals surface area contributed by atoms with Gasteiger partial charge in [0.05, 0.1) is 11.6 Å². The largest absolute Gasteiger partial charge is 0.334 e. The molecule has 0 fully saturated rings. The molecule has 0 aliphatic carbocycles. The number of aromatic nitrogens is 1. The van der Waals surface area contributed by atoms with Crippen LogP contribution >= 0.6 is 11.9 Å². The second-order valence-corrected chi connectivity index (χ2v) is 6.89. The maximum atomic E-state index is 12.0. The van der Waals surface area contributed by atoms with Gasteiger partial charge in [-0.3, -0.25) is 9.71 Å². The van der Waals surface area contributed by atoms with E-state index in [0.717, 1.165) is 21.7 Å². The average Bonchev–Trinajstić information content (AvgIpc) is 2.74. The highest BCUT2D eigenvalue weighted by atomic mass is 32.2. The highest BCUT2D eigenvalue weighted by Gasteiger charge is 2.03. The molecule has 3 N–H and O–H groups in total. The predicted octanol–water partition coefficient (Wildman–Crippen LogP) is 4.07. The van der Waals surface area contributed by atoms with Gasteiger partial charge in [-0.05, 0) is 71.6 Å². The van der Waals surface area contributed by atoms with Crippen LogP contribution in [0.1, 0.15) is 16.7 Å². The van der Waals surface area contributed by atoms with E-state index in [4.69, 9.17) is 5.26 Å². The van der Waals surface area contributed by atoms with Crippen LogP contribution in [0.2, 0.25) is 0 Å². The normalized spacial score (nSPS) is 10.1. The third kappa shape index (κ3) is 6.13. The van der Waals surface area contributed by atoms with Crippen LogP contribution in [-0.2, 0) is 13.1 Å². The fraction of sp³-hybridized carbons (Fsp3) is 0.0952. The Morgan fingerprint density at radius 2 is 1.79 bits per heavy atom. The van der Waals surface area contributed by atoms with Crippen LogP contribution in [0.3, 0.4) is 0 Å². The van der Waals surface area contributed by atoms with Gasteiger partial charge >= 0.3 is 6.03 Å². The molecule has 0 bridgehead atoms. The van der Waals surface area contributed by atoms with E-state index in [1.54, 1.807) is 18.5 Å². The van der Waals surface area contributed by atoms with E-state index in [9.17, 15) is 4.79 Å². The first-order valence-electron chi connectivity index (χ1n) is 8.65. The number of hydrogen-bond acceptors (Lipinski definition) is 5. The van der Waals surface area contributed by atoms with E-state index in [2.05, 4.69) is 26.4 Å². The summed E-state index contributed by atoms with van der Waals surface area (Å²) in [6.07, 6.45) is 3.39. The third-order valence-corrected chi connectivity index (χ3v) is 4.63. The van der Waals surface area contributed by atoms with Gasteiger partial charge in [-0.25, -0.2) is 4.79 Å². The molecule has 0 unspecified atom stereocenters. The maximum Gasteiger partial charge on any atom is 0.319 e. The molecule has 28 heavy (non-hydrogen) atoms. The van der Waals surface area contributed by atoms with Crippen molar-refractivity contribution in [3.63, 3.8) is 0 Å². The summed E-state index contributed by atoms with van der Waals surface area (Å²) in [6.45, 7) is 1.09. The van der Waals surface area contributed by atoms with Crippen molar-refractivity contribution in [2.45, 2.75) is 18.0 Å². The molecule has 0 atom stereocenters. The minimum Gasteiger partial charge on any atom is -0.334 e. The van der Waals surface area contributed by atoms with Gasteiger partial charge in [-0.1, -0.05) is 12.1 Å². The number of hydrogen-bond donors (Lipinski definition) is 3. The van der Waals surface area contributed by atoms with E-state index in [1.165, 1.54) is 11.9 Å². The minimum absolute atomic E-state index is 0.257. The van der Waals surface area contributed by atoms with Gasteiger partial charge < -0.3 is 10.6 Å². The summed E-state index contributed by atoms with van der Waals surface area (Å²) in [4.78, 5) is 16.9. The van der Waals surface area contributed by atoms with Crippen LogP contribution in [0.15, 0.2) is 78.0 Å². The van der Waals surface area contributed by atoms with E-state index < -0.39 is 0 Å². The molecule has 3 rings (SSSR count). The van der Waals surface area contributed by atoms with Crippen LogP contribution in [0, 0.1) is 11.3 Å². The molecule has 7 heteroatoms. The topological polar surface area (TPSA) is 89.8 Å². The molecule has 0 spiro atoms. The first kappa shape index (κ1) is 19.4. The van der Waals surface area contributed by atoms with Gasteiger partial charge in [0.1, 0.15) is 0 Å². The van der Waals surface area contributed by atoms with Crippen molar-refractivity contribution in [3.8, 4) is 6.07 Å². The summed E-state index contributed by atoms with van der Waals surface area (Å²) in [5.41, 5.74) is 3.42. The van der Waals surface area contributed by atoms with Gasteiger partial charge in [0.15, 0.2) is 0 Å². The lowest BCUT2D eigenvalue weighted by atomic mass is 10.1. The zero-order valence-corrected chi connectivity index (χ0v) is 15.9. The van der Waals surface area contributed by atoms with Gasteiger partial charge in [0, 0.05) is 36.1 Å². The fourth-order valence-electron chi connectivity index (χ4n) is 2.42.